The van der Waals surface area contributed by atoms with Gasteiger partial charge in [0.2, 0.25) is 5.78 Å². The molecule has 0 fully saturated rings. The molecular formula is C13H14ClNO2S2. The molecule has 0 saturated carbocycles. The van der Waals surface area contributed by atoms with E-state index in [-0.39, 0.29) is 5.78 Å². The number of aryl methyl sites for hydroxylation is 1. The zero-order valence-electron chi connectivity index (χ0n) is 10.7. The van der Waals surface area contributed by atoms with Crippen molar-refractivity contribution >= 4 is 40.1 Å². The highest BCUT2D eigenvalue weighted by Gasteiger charge is 2.17. The van der Waals surface area contributed by atoms with Gasteiger partial charge in [-0.05, 0) is 26.0 Å². The van der Waals surface area contributed by atoms with Crippen molar-refractivity contribution in [3.63, 3.8) is 0 Å². The molecule has 0 spiro atoms. The highest BCUT2D eigenvalue weighted by Crippen LogP contribution is 2.23. The third kappa shape index (κ3) is 3.86. The van der Waals surface area contributed by atoms with Gasteiger partial charge in [-0.1, -0.05) is 11.6 Å². The quantitative estimate of drug-likeness (QED) is 0.756. The number of hydrogen-bond donors (Lipinski definition) is 0. The van der Waals surface area contributed by atoms with Crippen LogP contribution in [0.4, 0.5) is 0 Å². The largest absolute Gasteiger partial charge is 0.370 e. The summed E-state index contributed by atoms with van der Waals surface area (Å²) in [7, 11) is 0. The normalized spacial score (nSPS) is 12.6. The average Bonchev–Trinajstić information content (AvgIpc) is 2.98. The fourth-order valence-corrected chi connectivity index (χ4v) is 3.44. The van der Waals surface area contributed by atoms with Crippen molar-refractivity contribution in [1.82, 2.24) is 4.98 Å². The number of aromatic nitrogens is 1. The van der Waals surface area contributed by atoms with Crippen molar-refractivity contribution in [3.8, 4) is 0 Å². The number of halogens is 1. The molecule has 0 bridgehead atoms. The zero-order valence-corrected chi connectivity index (χ0v) is 13.1. The van der Waals surface area contributed by atoms with Crippen molar-refractivity contribution < 1.29 is 9.53 Å². The highest BCUT2D eigenvalue weighted by molar-refractivity contribution is 7.18. The number of thiazole rings is 1. The van der Waals surface area contributed by atoms with Crippen LogP contribution in [0.2, 0.25) is 4.34 Å². The highest BCUT2D eigenvalue weighted by atomic mass is 35.5. The van der Waals surface area contributed by atoms with E-state index in [9.17, 15) is 4.79 Å². The predicted molar refractivity (Wildman–Crippen MR) is 79.6 cm³/mol. The first kappa shape index (κ1) is 14.7. The number of rotatable bonds is 6. The molecular weight excluding hydrogens is 302 g/mol. The fraction of sp³-hybridized carbons (Fsp3) is 0.385. The first-order valence-corrected chi connectivity index (χ1v) is 7.95. The third-order valence-electron chi connectivity index (χ3n) is 2.73. The molecule has 3 nitrogen and oxygen atoms in total. The summed E-state index contributed by atoms with van der Waals surface area (Å²) in [4.78, 5) is 18.1. The molecule has 2 aromatic heterocycles. The van der Waals surface area contributed by atoms with Crippen molar-refractivity contribution in [2.24, 2.45) is 0 Å². The van der Waals surface area contributed by atoms with Crippen LogP contribution in [0.1, 0.15) is 27.2 Å². The molecule has 0 aliphatic rings. The smallest absolute Gasteiger partial charge is 0.201 e. The summed E-state index contributed by atoms with van der Waals surface area (Å²) < 4.78 is 6.21. The Kier molecular flexibility index (Phi) is 5.10. The van der Waals surface area contributed by atoms with Crippen molar-refractivity contribution in [2.75, 3.05) is 6.61 Å². The molecule has 102 valence electrons. The van der Waals surface area contributed by atoms with Crippen LogP contribution < -0.4 is 0 Å². The fourth-order valence-electron chi connectivity index (χ4n) is 1.62. The molecule has 2 heterocycles. The first-order chi connectivity index (χ1) is 9.08. The Morgan fingerprint density at radius 1 is 1.53 bits per heavy atom. The van der Waals surface area contributed by atoms with E-state index in [4.69, 9.17) is 16.3 Å². The molecule has 0 N–H and O–H groups in total. The Morgan fingerprint density at radius 2 is 2.32 bits per heavy atom. The predicted octanol–water partition coefficient (Wildman–Crippen LogP) is 4.00. The van der Waals surface area contributed by atoms with Gasteiger partial charge in [-0.2, -0.15) is 0 Å². The van der Waals surface area contributed by atoms with E-state index < -0.39 is 6.10 Å². The van der Waals surface area contributed by atoms with Gasteiger partial charge in [-0.15, -0.1) is 22.7 Å². The maximum absolute atomic E-state index is 12.0. The monoisotopic (exact) mass is 315 g/mol. The molecule has 0 aromatic carbocycles. The van der Waals surface area contributed by atoms with Crippen molar-refractivity contribution in [2.45, 2.75) is 26.4 Å². The Balaban J connectivity index is 1.83. The van der Waals surface area contributed by atoms with E-state index in [1.807, 2.05) is 12.4 Å². The third-order valence-corrected chi connectivity index (χ3v) is 4.97. The summed E-state index contributed by atoms with van der Waals surface area (Å²) >= 11 is 8.72. The van der Waals surface area contributed by atoms with Crippen LogP contribution in [0.15, 0.2) is 17.6 Å². The molecule has 0 saturated heterocycles. The van der Waals surface area contributed by atoms with Gasteiger partial charge in [0.15, 0.2) is 0 Å². The summed E-state index contributed by atoms with van der Waals surface area (Å²) in [5.74, 6) is -0.0158. The lowest BCUT2D eigenvalue weighted by Gasteiger charge is -2.10. The molecule has 1 atom stereocenters. The SMILES string of the molecule is Cc1ncsc1CCOC(C)C(=O)c1ccc(Cl)s1. The molecule has 1 unspecified atom stereocenters. The summed E-state index contributed by atoms with van der Waals surface area (Å²) in [6, 6.07) is 3.47. The van der Waals surface area contributed by atoms with E-state index in [0.29, 0.717) is 15.8 Å². The summed E-state index contributed by atoms with van der Waals surface area (Å²) in [6.45, 7) is 4.28. The van der Waals surface area contributed by atoms with Crippen LogP contribution >= 0.6 is 34.3 Å². The Morgan fingerprint density at radius 3 is 2.89 bits per heavy atom. The van der Waals surface area contributed by atoms with E-state index in [2.05, 4.69) is 4.98 Å². The number of ketones is 1. The standard InChI is InChI=1S/C13H14ClNO2S2/c1-8-10(18-7-15-8)5-6-17-9(2)13(16)11-3-4-12(14)19-11/h3-4,7,9H,5-6H2,1-2H3. The van der Waals surface area contributed by atoms with Crippen LogP contribution in [0.5, 0.6) is 0 Å². The minimum Gasteiger partial charge on any atom is -0.370 e. The van der Waals surface area contributed by atoms with Gasteiger partial charge in [0.1, 0.15) is 6.10 Å². The first-order valence-electron chi connectivity index (χ1n) is 5.88. The topological polar surface area (TPSA) is 39.2 Å². The Hall–Kier alpha value is -0.750. The number of Topliss-reactive ketones (excluding diaryl/α,β-unsaturated/α-hetero) is 1. The van der Waals surface area contributed by atoms with Crippen LogP contribution in [0, 0.1) is 6.92 Å². The molecule has 0 radical (unpaired) electrons. The number of ether oxygens (including phenoxy) is 1. The average molecular weight is 316 g/mol. The van der Waals surface area contributed by atoms with E-state index in [0.717, 1.165) is 12.1 Å². The van der Waals surface area contributed by atoms with Crippen LogP contribution in [0.3, 0.4) is 0 Å². The lowest BCUT2D eigenvalue weighted by atomic mass is 10.2. The lowest BCUT2D eigenvalue weighted by molar-refractivity contribution is 0.0492. The molecule has 2 rings (SSSR count). The summed E-state index contributed by atoms with van der Waals surface area (Å²) in [5.41, 5.74) is 2.87. The summed E-state index contributed by atoms with van der Waals surface area (Å²) in [5, 5.41) is 0. The van der Waals surface area contributed by atoms with Crippen LogP contribution in [0.25, 0.3) is 0 Å². The molecule has 0 amide bonds. The molecule has 2 aromatic rings. The van der Waals surface area contributed by atoms with Gasteiger partial charge < -0.3 is 4.74 Å². The Labute approximate surface area is 125 Å². The second-order valence-electron chi connectivity index (χ2n) is 4.09. The number of carbonyl (C=O) groups excluding carboxylic acids is 1. The van der Waals surface area contributed by atoms with E-state index >= 15 is 0 Å². The van der Waals surface area contributed by atoms with Gasteiger partial charge >= 0.3 is 0 Å². The maximum atomic E-state index is 12.0. The summed E-state index contributed by atoms with van der Waals surface area (Å²) in [6.07, 6.45) is 0.349. The maximum Gasteiger partial charge on any atom is 0.201 e. The van der Waals surface area contributed by atoms with Crippen molar-refractivity contribution in [3.05, 3.63) is 37.4 Å². The second kappa shape index (κ2) is 6.61. The van der Waals surface area contributed by atoms with Crippen LogP contribution in [-0.2, 0) is 11.2 Å². The Bertz CT molecular complexity index is 564. The number of hydrogen-bond acceptors (Lipinski definition) is 5. The van der Waals surface area contributed by atoms with Gasteiger partial charge in [0.05, 0.1) is 27.0 Å². The van der Waals surface area contributed by atoms with Gasteiger partial charge in [0, 0.05) is 11.3 Å². The number of carbonyl (C=O) groups is 1. The molecule has 19 heavy (non-hydrogen) atoms. The molecule has 0 aliphatic heterocycles. The van der Waals surface area contributed by atoms with Gasteiger partial charge in [-0.25, -0.2) is 4.98 Å². The van der Waals surface area contributed by atoms with Gasteiger partial charge in [-0.3, -0.25) is 4.79 Å². The van der Waals surface area contributed by atoms with E-state index in [1.165, 1.54) is 16.2 Å². The van der Waals surface area contributed by atoms with E-state index in [1.54, 1.807) is 30.4 Å². The second-order valence-corrected chi connectivity index (χ2v) is 6.75. The molecule has 6 heteroatoms. The number of thiophene rings is 1. The minimum atomic E-state index is -0.442. The lowest BCUT2D eigenvalue weighted by Crippen LogP contribution is -2.21. The molecule has 0 aliphatic carbocycles. The van der Waals surface area contributed by atoms with Crippen LogP contribution in [-0.4, -0.2) is 23.5 Å². The number of nitrogens with zero attached hydrogens (tertiary/aromatic N) is 1. The zero-order chi connectivity index (χ0) is 13.8. The van der Waals surface area contributed by atoms with Gasteiger partial charge in [0.25, 0.3) is 0 Å². The van der Waals surface area contributed by atoms with Crippen molar-refractivity contribution in [1.29, 1.82) is 0 Å². The minimum absolute atomic E-state index is 0.0158.